The van der Waals surface area contributed by atoms with Gasteiger partial charge in [-0.25, -0.2) is 29.1 Å². The van der Waals surface area contributed by atoms with E-state index in [0.29, 0.717) is 22.3 Å². The number of carbonyl (C=O) groups is 4. The van der Waals surface area contributed by atoms with Crippen molar-refractivity contribution < 1.29 is 66.9 Å². The Labute approximate surface area is 370 Å². The zero-order valence-corrected chi connectivity index (χ0v) is 36.2. The van der Waals surface area contributed by atoms with E-state index >= 15 is 0 Å². The van der Waals surface area contributed by atoms with Crippen LogP contribution in [-0.4, -0.2) is 64.2 Å². The second-order valence-corrected chi connectivity index (χ2v) is 12.3. The summed E-state index contributed by atoms with van der Waals surface area (Å²) in [7, 11) is 0. The molecular weight excluding hydrogens is 873 g/mol. The van der Waals surface area contributed by atoms with E-state index in [1.165, 1.54) is 48.5 Å². The minimum Gasteiger partial charge on any atom is -0.479 e. The van der Waals surface area contributed by atoms with Crippen LogP contribution in [0.4, 0.5) is 0 Å². The summed E-state index contributed by atoms with van der Waals surface area (Å²) in [4.78, 5) is 56.8. The third-order valence-electron chi connectivity index (χ3n) is 7.90. The number of fused-ring (bicyclic) bond motifs is 8. The molecule has 0 amide bonds. The molecule has 5 heterocycles. The second-order valence-electron chi connectivity index (χ2n) is 12.3. The van der Waals surface area contributed by atoms with Crippen LogP contribution in [0.15, 0.2) is 146 Å². The fraction of sp³-hybridized carbons (Fsp3) is 0. The maximum atomic E-state index is 10.2. The largest absolute Gasteiger partial charge is 0.479 e. The number of aromatic nitrogens is 4. The van der Waals surface area contributed by atoms with Crippen molar-refractivity contribution in [2.75, 3.05) is 0 Å². The molecule has 13 heteroatoms. The minimum absolute atomic E-state index is 0. The number of nitrogens with zero attached hydrogens (tertiary/aromatic N) is 2. The van der Waals surface area contributed by atoms with Gasteiger partial charge < -0.3 is 30.4 Å². The van der Waals surface area contributed by atoms with E-state index in [1.54, 1.807) is 48.5 Å². The molecule has 8 bridgehead atoms. The molecule has 3 aromatic heterocycles. The van der Waals surface area contributed by atoms with E-state index in [1.807, 2.05) is 42.5 Å². The maximum Gasteiger partial charge on any atom is 0.311 e. The quantitative estimate of drug-likeness (QED) is 0.0729. The Morgan fingerprint density at radius 2 is 0.590 bits per heavy atom. The molecule has 0 atom stereocenters. The topological polar surface area (TPSA) is 207 Å². The fourth-order valence-corrected chi connectivity index (χ4v) is 5.06. The van der Waals surface area contributed by atoms with Crippen molar-refractivity contribution in [2.45, 2.75) is 0 Å². The van der Waals surface area contributed by atoms with Gasteiger partial charge in [0.1, 0.15) is 0 Å². The first kappa shape index (κ1) is 46.0. The number of rotatable bonds is 4. The molecule has 0 radical (unpaired) electrons. The predicted molar refractivity (Wildman–Crippen MR) is 228 cm³/mol. The minimum atomic E-state index is -0.899. The van der Waals surface area contributed by atoms with Gasteiger partial charge in [-0.15, -0.1) is 0 Å². The van der Waals surface area contributed by atoms with Crippen LogP contribution in [0.2, 0.25) is 0 Å². The van der Waals surface area contributed by atoms with Gasteiger partial charge in [-0.05, 0) is 95.1 Å². The number of nitrogens with one attached hydrogen (secondary N) is 2. The summed E-state index contributed by atoms with van der Waals surface area (Å²) in [6.45, 7) is 0. The fourth-order valence-electron chi connectivity index (χ4n) is 5.06. The Morgan fingerprint density at radius 1 is 0.361 bits per heavy atom. The monoisotopic (exact) mass is 908 g/mol. The SMILES string of the molecule is C1=Cc2cc3ccc(cc4ccc(cc5nc(cc1n2)C=C5)[nH]4)[nH]3.O=C(O)c1cc[c-]cc1.O=C(O)c1cc[c-]cc1.O=C(O)c1cc[c-]cc1.O=C(O)c1cc[c-]cc1.[Cd]. The van der Waals surface area contributed by atoms with Crippen LogP contribution in [0.1, 0.15) is 64.2 Å². The third-order valence-corrected chi connectivity index (χ3v) is 7.90. The van der Waals surface area contributed by atoms with Crippen LogP contribution in [-0.2, 0) is 27.3 Å². The van der Waals surface area contributed by atoms with Crippen molar-refractivity contribution in [1.29, 1.82) is 0 Å². The van der Waals surface area contributed by atoms with Gasteiger partial charge in [-0.2, -0.15) is 121 Å². The second kappa shape index (κ2) is 23.6. The molecule has 0 saturated carbocycles. The molecule has 2 aliphatic rings. The summed E-state index contributed by atoms with van der Waals surface area (Å²) in [6.07, 6.45) is 8.05. The average molecular weight is 907 g/mol. The number of aromatic amines is 2. The number of carboxylic acids is 4. The zero-order chi connectivity index (χ0) is 42.7. The first-order valence-corrected chi connectivity index (χ1v) is 17.8. The molecule has 0 unspecified atom stereocenters. The molecule has 0 spiro atoms. The Morgan fingerprint density at radius 3 is 0.820 bits per heavy atom. The van der Waals surface area contributed by atoms with E-state index in [2.05, 4.69) is 74.5 Å². The number of hydrogen-bond acceptors (Lipinski definition) is 6. The molecule has 7 aromatic rings. The van der Waals surface area contributed by atoms with E-state index in [9.17, 15) is 19.2 Å². The number of benzene rings is 4. The van der Waals surface area contributed by atoms with E-state index in [-0.39, 0.29) is 27.3 Å². The molecule has 0 fully saturated rings. The van der Waals surface area contributed by atoms with Crippen LogP contribution in [0.25, 0.3) is 46.4 Å². The predicted octanol–water partition coefficient (Wildman–Crippen LogP) is 9.39. The van der Waals surface area contributed by atoms with E-state index < -0.39 is 23.9 Å². The Kier molecular flexibility index (Phi) is 17.8. The normalized spacial score (nSPS) is 10.2. The summed E-state index contributed by atoms with van der Waals surface area (Å²) >= 11 is 0. The first-order valence-electron chi connectivity index (χ1n) is 17.8. The van der Waals surface area contributed by atoms with E-state index in [0.717, 1.165) is 44.8 Å². The maximum absolute atomic E-state index is 10.2. The molecule has 2 aliphatic heterocycles. The Balaban J connectivity index is 0.000000185. The molecule has 0 aliphatic carbocycles. The summed E-state index contributed by atoms with van der Waals surface area (Å²) in [5, 5.41) is 33.5. The van der Waals surface area contributed by atoms with Crippen LogP contribution >= 0.6 is 0 Å². The Bertz CT molecular complexity index is 2480. The van der Waals surface area contributed by atoms with Gasteiger partial charge in [-0.3, -0.25) is 0 Å². The van der Waals surface area contributed by atoms with Gasteiger partial charge in [0.15, 0.2) is 0 Å². The first-order chi connectivity index (χ1) is 29.0. The summed E-state index contributed by atoms with van der Waals surface area (Å²) in [5.41, 5.74) is 9.06. The number of H-pyrrole nitrogens is 2. The van der Waals surface area contributed by atoms with Crippen LogP contribution < -0.4 is 0 Å². The van der Waals surface area contributed by atoms with Crippen molar-refractivity contribution in [3.05, 3.63) is 215 Å². The number of carboxylic acid groups (broad SMARTS) is 4. The molecule has 4 aromatic carbocycles. The number of aromatic carboxylic acids is 4. The van der Waals surface area contributed by atoms with Crippen molar-refractivity contribution in [1.82, 2.24) is 19.9 Å². The van der Waals surface area contributed by atoms with Gasteiger partial charge >= 0.3 is 23.9 Å². The summed E-state index contributed by atoms with van der Waals surface area (Å²) in [6, 6.07) is 51.9. The van der Waals surface area contributed by atoms with Crippen LogP contribution in [0.5, 0.6) is 0 Å². The molecule has 12 nitrogen and oxygen atoms in total. The molecule has 6 N–H and O–H groups in total. The molecule has 0 saturated heterocycles. The zero-order valence-electron chi connectivity index (χ0n) is 32.2. The van der Waals surface area contributed by atoms with Crippen molar-refractivity contribution in [2.24, 2.45) is 0 Å². The molecule has 61 heavy (non-hydrogen) atoms. The van der Waals surface area contributed by atoms with Gasteiger partial charge in [0.25, 0.3) is 0 Å². The Hall–Kier alpha value is -7.72. The third kappa shape index (κ3) is 15.5. The van der Waals surface area contributed by atoms with Gasteiger partial charge in [0.2, 0.25) is 0 Å². The molecular formula is C48H34CdN4O8-4. The average Bonchev–Trinajstić information content (AvgIpc) is 4.11. The van der Waals surface area contributed by atoms with Gasteiger partial charge in [0.05, 0.1) is 22.8 Å². The van der Waals surface area contributed by atoms with Crippen LogP contribution in [0, 0.1) is 24.3 Å². The smallest absolute Gasteiger partial charge is 0.311 e. The summed E-state index contributed by atoms with van der Waals surface area (Å²) < 4.78 is 0. The van der Waals surface area contributed by atoms with E-state index in [4.69, 9.17) is 20.4 Å². The van der Waals surface area contributed by atoms with Crippen LogP contribution in [0.3, 0.4) is 0 Å². The van der Waals surface area contributed by atoms with Gasteiger partial charge in [0, 0.05) is 49.4 Å². The van der Waals surface area contributed by atoms with Crippen molar-refractivity contribution >= 4 is 70.2 Å². The van der Waals surface area contributed by atoms with Crippen molar-refractivity contribution in [3.63, 3.8) is 0 Å². The summed E-state index contributed by atoms with van der Waals surface area (Å²) in [5.74, 6) is -3.60. The van der Waals surface area contributed by atoms with Gasteiger partial charge in [-0.1, -0.05) is 0 Å². The molecule has 300 valence electrons. The number of hydrogen-bond donors (Lipinski definition) is 6. The van der Waals surface area contributed by atoms with Crippen molar-refractivity contribution in [3.8, 4) is 0 Å². The molecule has 9 rings (SSSR count). The standard InChI is InChI=1S/C20H14N4.4C7H5O2.Cd/c1-2-14-10-16-5-6-18(23-16)12-20-8-7-19(24-20)11-17-4-3-15(22-17)9-13(1)21-14;4*8-7(9)6-4-2-1-3-5-6;/h1-12,21-22H;4*2-5H,(H,8,9);/q;4*-1;.